The molecule has 3 aliphatic heterocycles. The van der Waals surface area contributed by atoms with Crippen molar-refractivity contribution in [1.82, 2.24) is 4.98 Å². The topological polar surface area (TPSA) is 131 Å². The maximum Gasteiger partial charge on any atom is 0.269 e. The van der Waals surface area contributed by atoms with Gasteiger partial charge in [0, 0.05) is 11.0 Å². The van der Waals surface area contributed by atoms with Crippen molar-refractivity contribution in [3.63, 3.8) is 0 Å². The summed E-state index contributed by atoms with van der Waals surface area (Å²) >= 11 is 1.37. The maximum absolute atomic E-state index is 13.6. The molecular weight excluding hydrogens is 474 g/mol. The molecule has 0 spiro atoms. The van der Waals surface area contributed by atoms with Crippen LogP contribution >= 0.6 is 11.8 Å². The average Bonchev–Trinajstić information content (AvgIpc) is 3.44. The van der Waals surface area contributed by atoms with Crippen LogP contribution < -0.4 is 21.2 Å². The number of hydrazone groups is 1. The third kappa shape index (κ3) is 3.17. The summed E-state index contributed by atoms with van der Waals surface area (Å²) in [6.07, 6.45) is 0. The summed E-state index contributed by atoms with van der Waals surface area (Å²) in [6, 6.07) is 20.2. The highest BCUT2D eigenvalue weighted by molar-refractivity contribution is 8.17. The number of aromatic amines is 1. The molecular formula is C26H19N7O2S. The summed E-state index contributed by atoms with van der Waals surface area (Å²) in [5.74, 6) is -0.472. The first-order chi connectivity index (χ1) is 17.5. The lowest BCUT2D eigenvalue weighted by Crippen LogP contribution is -2.39. The van der Waals surface area contributed by atoms with Crippen LogP contribution in [0.3, 0.4) is 0 Å². The molecule has 6 rings (SSSR count). The Bertz CT molecular complexity index is 1600. The molecule has 2 atom stereocenters. The van der Waals surface area contributed by atoms with E-state index in [1.54, 1.807) is 11.8 Å². The van der Waals surface area contributed by atoms with E-state index in [2.05, 4.69) is 10.1 Å². The Hall–Kier alpha value is -4.62. The summed E-state index contributed by atoms with van der Waals surface area (Å²) in [4.78, 5) is 35.9. The predicted octanol–water partition coefficient (Wildman–Crippen LogP) is 3.72. The van der Waals surface area contributed by atoms with Crippen LogP contribution in [0, 0.1) is 17.2 Å². The van der Waals surface area contributed by atoms with Crippen LogP contribution in [0.2, 0.25) is 0 Å². The number of nitrogens with one attached hydrogen (secondary N) is 1. The Morgan fingerprint density at radius 2 is 1.78 bits per heavy atom. The summed E-state index contributed by atoms with van der Waals surface area (Å²) in [6.45, 7) is 1.81. The van der Waals surface area contributed by atoms with Crippen LogP contribution in [0.5, 0.6) is 0 Å². The lowest BCUT2D eigenvalue weighted by atomic mass is 9.93. The molecule has 1 aromatic heterocycles. The minimum atomic E-state index is -0.674. The second-order valence-corrected chi connectivity index (χ2v) is 9.33. The van der Waals surface area contributed by atoms with Gasteiger partial charge in [0.25, 0.3) is 11.5 Å². The molecule has 9 nitrogen and oxygen atoms in total. The largest absolute Gasteiger partial charge is 0.397 e. The number of para-hydroxylation sites is 1. The van der Waals surface area contributed by atoms with E-state index in [-0.39, 0.29) is 17.2 Å². The minimum absolute atomic E-state index is 0.0817. The summed E-state index contributed by atoms with van der Waals surface area (Å²) in [5.41, 5.74) is 9.05. The number of carbonyl (C=O) groups excluding carboxylic acids is 1. The molecule has 3 aliphatic rings. The van der Waals surface area contributed by atoms with Gasteiger partial charge in [0.2, 0.25) is 0 Å². The Morgan fingerprint density at radius 1 is 1.08 bits per heavy atom. The number of nitrogens with two attached hydrogens (primary N) is 1. The summed E-state index contributed by atoms with van der Waals surface area (Å²) < 4.78 is 0. The molecule has 0 fully saturated rings. The third-order valence-electron chi connectivity index (χ3n) is 6.40. The molecule has 10 heteroatoms. The van der Waals surface area contributed by atoms with Crippen molar-refractivity contribution >= 4 is 45.7 Å². The van der Waals surface area contributed by atoms with Crippen molar-refractivity contribution in [3.05, 3.63) is 98.8 Å². The lowest BCUT2D eigenvalue weighted by molar-refractivity contribution is -0.119. The number of hydrogen-bond donors (Lipinski definition) is 2. The van der Waals surface area contributed by atoms with Crippen LogP contribution in [-0.4, -0.2) is 21.8 Å². The number of amides is 1. The molecule has 1 amide bonds. The van der Waals surface area contributed by atoms with Crippen LogP contribution in [-0.2, 0) is 4.79 Å². The summed E-state index contributed by atoms with van der Waals surface area (Å²) in [5, 5.41) is 18.0. The molecule has 176 valence electrons. The molecule has 4 heterocycles. The van der Waals surface area contributed by atoms with Gasteiger partial charge in [-0.2, -0.15) is 15.4 Å². The normalized spacial score (nSPS) is 20.3. The minimum Gasteiger partial charge on any atom is -0.397 e. The molecule has 36 heavy (non-hydrogen) atoms. The van der Waals surface area contributed by atoms with E-state index in [0.717, 1.165) is 5.56 Å². The maximum atomic E-state index is 13.6. The first kappa shape index (κ1) is 21.9. The van der Waals surface area contributed by atoms with E-state index < -0.39 is 17.5 Å². The molecule has 0 saturated heterocycles. The molecule has 0 bridgehead atoms. The zero-order valence-electron chi connectivity index (χ0n) is 19.0. The molecule has 0 aliphatic carbocycles. The number of nitrogens with zero attached hydrogens (tertiary/aromatic N) is 5. The predicted molar refractivity (Wildman–Crippen MR) is 141 cm³/mol. The number of aromatic nitrogens is 1. The number of nitrogen functional groups attached to an aromatic ring is 1. The van der Waals surface area contributed by atoms with Gasteiger partial charge in [-0.15, -0.1) is 0 Å². The van der Waals surface area contributed by atoms with Crippen LogP contribution in [0.1, 0.15) is 29.7 Å². The van der Waals surface area contributed by atoms with Crippen molar-refractivity contribution < 1.29 is 4.79 Å². The highest BCUT2D eigenvalue weighted by Crippen LogP contribution is 2.48. The van der Waals surface area contributed by atoms with Gasteiger partial charge in [0.05, 0.1) is 22.8 Å². The number of pyridine rings is 1. The van der Waals surface area contributed by atoms with Gasteiger partial charge < -0.3 is 10.7 Å². The number of benzene rings is 2. The zero-order valence-corrected chi connectivity index (χ0v) is 19.9. The van der Waals surface area contributed by atoms with Gasteiger partial charge in [0.15, 0.2) is 5.17 Å². The standard InChI is InChI=1S/C26H19N7O2S/c1-14-19(25(35)33(31-14)16-10-6-3-7-11-16)18-13-36-26-29-22(15-8-4-2-5-9-15)20-21(28)17(12-27)24(34)30-23(20)32(18)26/h2-11,13,19,22H,1H3,(H3,28,30,34). The number of rotatable bonds is 3. The molecule has 3 N–H and O–H groups in total. The molecule has 0 saturated carbocycles. The van der Waals surface area contributed by atoms with Crippen molar-refractivity contribution in [2.75, 3.05) is 15.6 Å². The van der Waals surface area contributed by atoms with Gasteiger partial charge in [0.1, 0.15) is 29.4 Å². The van der Waals surface area contributed by atoms with Crippen LogP contribution in [0.25, 0.3) is 0 Å². The number of amidine groups is 1. The number of carbonyl (C=O) groups is 1. The number of anilines is 3. The number of thioether (sulfide) groups is 1. The van der Waals surface area contributed by atoms with Gasteiger partial charge in [-0.05, 0) is 24.6 Å². The SMILES string of the molecule is CC1=NN(c2ccccc2)C(=O)C1C1=CSC2=NC(c3ccccc3)c3c([nH]c(=O)c(C#N)c3N)N12. The van der Waals surface area contributed by atoms with Crippen molar-refractivity contribution in [2.24, 2.45) is 16.0 Å². The van der Waals surface area contributed by atoms with Gasteiger partial charge in [-0.3, -0.25) is 14.5 Å². The number of hydrogen-bond acceptors (Lipinski definition) is 8. The van der Waals surface area contributed by atoms with E-state index in [9.17, 15) is 14.9 Å². The number of fused-ring (bicyclic) bond motifs is 3. The van der Waals surface area contributed by atoms with E-state index in [4.69, 9.17) is 10.7 Å². The first-order valence-corrected chi connectivity index (χ1v) is 12.1. The monoisotopic (exact) mass is 493 g/mol. The zero-order chi connectivity index (χ0) is 25.0. The highest BCUT2D eigenvalue weighted by atomic mass is 32.2. The van der Waals surface area contributed by atoms with Crippen LogP contribution in [0.4, 0.5) is 17.2 Å². The van der Waals surface area contributed by atoms with Crippen molar-refractivity contribution in [1.29, 1.82) is 5.26 Å². The fraction of sp³-hybridized carbons (Fsp3) is 0.115. The lowest BCUT2D eigenvalue weighted by Gasteiger charge is -2.33. The fourth-order valence-electron chi connectivity index (χ4n) is 4.74. The fourth-order valence-corrected chi connectivity index (χ4v) is 5.67. The Kier molecular flexibility index (Phi) is 5.01. The van der Waals surface area contributed by atoms with E-state index >= 15 is 0 Å². The second kappa shape index (κ2) is 8.25. The number of nitriles is 1. The van der Waals surface area contributed by atoms with Crippen molar-refractivity contribution in [2.45, 2.75) is 13.0 Å². The Morgan fingerprint density at radius 3 is 2.47 bits per heavy atom. The first-order valence-electron chi connectivity index (χ1n) is 11.2. The summed E-state index contributed by atoms with van der Waals surface area (Å²) in [7, 11) is 0. The number of aliphatic imine (C=N–C) groups is 1. The smallest absolute Gasteiger partial charge is 0.269 e. The highest BCUT2D eigenvalue weighted by Gasteiger charge is 2.45. The van der Waals surface area contributed by atoms with Gasteiger partial charge in [-0.25, -0.2) is 4.99 Å². The molecule has 2 unspecified atom stereocenters. The van der Waals surface area contributed by atoms with Gasteiger partial charge in [-0.1, -0.05) is 60.3 Å². The van der Waals surface area contributed by atoms with Gasteiger partial charge >= 0.3 is 0 Å². The molecule has 0 radical (unpaired) electrons. The molecule has 3 aromatic rings. The van der Waals surface area contributed by atoms with Crippen molar-refractivity contribution in [3.8, 4) is 6.07 Å². The van der Waals surface area contributed by atoms with E-state index in [1.807, 2.05) is 72.1 Å². The quantitative estimate of drug-likeness (QED) is 0.572. The molecule has 2 aromatic carbocycles. The second-order valence-electron chi connectivity index (χ2n) is 8.50. The third-order valence-corrected chi connectivity index (χ3v) is 7.26. The Balaban J connectivity index is 1.48. The van der Waals surface area contributed by atoms with E-state index in [0.29, 0.717) is 33.6 Å². The average molecular weight is 494 g/mol. The Labute approximate surface area is 210 Å². The number of H-pyrrole nitrogens is 1. The van der Waals surface area contributed by atoms with Crippen LogP contribution in [0.15, 0.2) is 86.7 Å². The van der Waals surface area contributed by atoms with E-state index in [1.165, 1.54) is 16.8 Å².